The Morgan fingerprint density at radius 3 is 2.64 bits per heavy atom. The molecule has 1 aliphatic rings. The molecule has 0 aromatic heterocycles. The van der Waals surface area contributed by atoms with E-state index in [1.54, 1.807) is 0 Å². The maximum atomic E-state index is 4.15. The molecule has 0 bridgehead atoms. The van der Waals surface area contributed by atoms with E-state index in [4.69, 9.17) is 0 Å². The van der Waals surface area contributed by atoms with Gasteiger partial charge in [-0.15, -0.1) is 0 Å². The third-order valence-corrected chi connectivity index (χ3v) is 3.14. The first-order valence-electron chi connectivity index (χ1n) is 5.72. The molecule has 82 valence electrons. The van der Waals surface area contributed by atoms with Gasteiger partial charge < -0.3 is 10.2 Å². The lowest BCUT2D eigenvalue weighted by Crippen LogP contribution is -2.30. The van der Waals surface area contributed by atoms with Gasteiger partial charge in [0.15, 0.2) is 0 Å². The molecule has 0 aliphatic carbocycles. The second-order valence-electron chi connectivity index (χ2n) is 4.55. The van der Waals surface area contributed by atoms with E-state index in [9.17, 15) is 0 Å². The molecule has 1 saturated heterocycles. The first kappa shape index (κ1) is 11.7. The van der Waals surface area contributed by atoms with Crippen LogP contribution in [0.25, 0.3) is 0 Å². The minimum atomic E-state index is 0.899. The second-order valence-corrected chi connectivity index (χ2v) is 4.55. The average molecular weight is 196 g/mol. The number of nitrogens with one attached hydrogen (secondary N) is 1. The van der Waals surface area contributed by atoms with Crippen molar-refractivity contribution < 1.29 is 0 Å². The van der Waals surface area contributed by atoms with Crippen molar-refractivity contribution in [1.29, 1.82) is 0 Å². The van der Waals surface area contributed by atoms with Crippen molar-refractivity contribution in [3.63, 3.8) is 0 Å². The third kappa shape index (κ3) is 4.25. The summed E-state index contributed by atoms with van der Waals surface area (Å²) in [4.78, 5) is 2.42. The lowest BCUT2D eigenvalue weighted by atomic mass is 9.90. The van der Waals surface area contributed by atoms with Crippen LogP contribution in [0, 0.1) is 5.92 Å². The van der Waals surface area contributed by atoms with Gasteiger partial charge in [0, 0.05) is 0 Å². The van der Waals surface area contributed by atoms with Crippen LogP contribution in [0.15, 0.2) is 12.2 Å². The molecule has 2 nitrogen and oxygen atoms in total. The van der Waals surface area contributed by atoms with Gasteiger partial charge in [0.2, 0.25) is 0 Å². The molecule has 0 aromatic rings. The summed E-state index contributed by atoms with van der Waals surface area (Å²) in [5, 5.41) is 3.17. The molecular formula is C12H24N2. The first-order valence-corrected chi connectivity index (χ1v) is 5.72. The normalized spacial score (nSPS) is 19.9. The van der Waals surface area contributed by atoms with Crippen LogP contribution >= 0.6 is 0 Å². The summed E-state index contributed by atoms with van der Waals surface area (Å²) >= 11 is 0. The van der Waals surface area contributed by atoms with Crippen molar-refractivity contribution in [3.8, 4) is 0 Å². The molecule has 2 heteroatoms. The molecule has 0 atom stereocenters. The van der Waals surface area contributed by atoms with Crippen LogP contribution in [-0.4, -0.2) is 38.6 Å². The van der Waals surface area contributed by atoms with Crippen LogP contribution in [-0.2, 0) is 0 Å². The largest absolute Gasteiger partial charge is 0.319 e. The van der Waals surface area contributed by atoms with Gasteiger partial charge >= 0.3 is 0 Å². The van der Waals surface area contributed by atoms with Crippen LogP contribution < -0.4 is 5.32 Å². The van der Waals surface area contributed by atoms with Crippen LogP contribution in [0.2, 0.25) is 0 Å². The van der Waals surface area contributed by atoms with Crippen molar-refractivity contribution in [2.45, 2.75) is 25.7 Å². The lowest BCUT2D eigenvalue weighted by molar-refractivity contribution is 0.218. The predicted molar refractivity (Wildman–Crippen MR) is 62.5 cm³/mol. The monoisotopic (exact) mass is 196 g/mol. The molecule has 14 heavy (non-hydrogen) atoms. The SMILES string of the molecule is C=C(CCNC)CC1CCN(C)CC1. The van der Waals surface area contributed by atoms with Gasteiger partial charge in [-0.25, -0.2) is 0 Å². The highest BCUT2D eigenvalue weighted by Crippen LogP contribution is 2.23. The van der Waals surface area contributed by atoms with E-state index >= 15 is 0 Å². The van der Waals surface area contributed by atoms with E-state index in [0.29, 0.717) is 0 Å². The van der Waals surface area contributed by atoms with Gasteiger partial charge in [-0.1, -0.05) is 12.2 Å². The Morgan fingerprint density at radius 1 is 1.43 bits per heavy atom. The van der Waals surface area contributed by atoms with E-state index in [0.717, 1.165) is 18.9 Å². The molecule has 0 unspecified atom stereocenters. The van der Waals surface area contributed by atoms with Gasteiger partial charge in [-0.05, 0) is 65.3 Å². The molecular weight excluding hydrogens is 172 g/mol. The Hall–Kier alpha value is -0.340. The number of likely N-dealkylation sites (tertiary alicyclic amines) is 1. The minimum absolute atomic E-state index is 0.899. The minimum Gasteiger partial charge on any atom is -0.319 e. The predicted octanol–water partition coefficient (Wildman–Crippen LogP) is 1.88. The van der Waals surface area contributed by atoms with Crippen molar-refractivity contribution >= 4 is 0 Å². The Morgan fingerprint density at radius 2 is 2.07 bits per heavy atom. The molecule has 0 spiro atoms. The zero-order chi connectivity index (χ0) is 10.4. The second kappa shape index (κ2) is 6.20. The summed E-state index contributed by atoms with van der Waals surface area (Å²) in [7, 11) is 4.22. The highest BCUT2D eigenvalue weighted by Gasteiger charge is 2.16. The molecule has 0 aromatic carbocycles. The van der Waals surface area contributed by atoms with E-state index < -0.39 is 0 Å². The van der Waals surface area contributed by atoms with Crippen molar-refractivity contribution in [1.82, 2.24) is 10.2 Å². The topological polar surface area (TPSA) is 15.3 Å². The Balaban J connectivity index is 2.14. The van der Waals surface area contributed by atoms with Gasteiger partial charge in [0.05, 0.1) is 0 Å². The average Bonchev–Trinajstić information content (AvgIpc) is 2.18. The molecule has 0 amide bonds. The zero-order valence-corrected chi connectivity index (χ0v) is 9.68. The smallest absolute Gasteiger partial charge is 0.00147 e. The van der Waals surface area contributed by atoms with Crippen LogP contribution in [0.5, 0.6) is 0 Å². The highest BCUT2D eigenvalue weighted by atomic mass is 15.1. The Bertz CT molecular complexity index is 169. The van der Waals surface area contributed by atoms with E-state index in [1.807, 2.05) is 7.05 Å². The van der Waals surface area contributed by atoms with Crippen LogP contribution in [0.3, 0.4) is 0 Å². The van der Waals surface area contributed by atoms with Gasteiger partial charge in [-0.3, -0.25) is 0 Å². The van der Waals surface area contributed by atoms with Gasteiger partial charge in [0.25, 0.3) is 0 Å². The fourth-order valence-electron chi connectivity index (χ4n) is 2.08. The first-order chi connectivity index (χ1) is 6.72. The Kier molecular flexibility index (Phi) is 5.20. The molecule has 1 fully saturated rings. The summed E-state index contributed by atoms with van der Waals surface area (Å²) in [5.41, 5.74) is 1.42. The summed E-state index contributed by atoms with van der Waals surface area (Å²) in [6, 6.07) is 0. The third-order valence-electron chi connectivity index (χ3n) is 3.14. The van der Waals surface area contributed by atoms with Crippen molar-refractivity contribution in [2.75, 3.05) is 33.7 Å². The fourth-order valence-corrected chi connectivity index (χ4v) is 2.08. The summed E-state index contributed by atoms with van der Waals surface area (Å²) in [6.07, 6.45) is 5.10. The number of rotatable bonds is 5. The van der Waals surface area contributed by atoms with E-state index in [1.165, 1.54) is 37.9 Å². The quantitative estimate of drug-likeness (QED) is 0.675. The molecule has 1 aliphatic heterocycles. The van der Waals surface area contributed by atoms with Crippen LogP contribution in [0.4, 0.5) is 0 Å². The number of nitrogens with zero attached hydrogens (tertiary/aromatic N) is 1. The maximum absolute atomic E-state index is 4.15. The van der Waals surface area contributed by atoms with E-state index in [2.05, 4.69) is 23.8 Å². The maximum Gasteiger partial charge on any atom is -0.00147 e. The summed E-state index contributed by atoms with van der Waals surface area (Å²) in [5.74, 6) is 0.899. The number of hydrogen-bond acceptors (Lipinski definition) is 2. The molecule has 1 heterocycles. The lowest BCUT2D eigenvalue weighted by Gasteiger charge is -2.29. The zero-order valence-electron chi connectivity index (χ0n) is 9.68. The standard InChI is InChI=1S/C12H24N2/c1-11(4-7-13-2)10-12-5-8-14(3)9-6-12/h12-13H,1,4-10H2,2-3H3. The van der Waals surface area contributed by atoms with Crippen LogP contribution in [0.1, 0.15) is 25.7 Å². The number of hydrogen-bond donors (Lipinski definition) is 1. The molecule has 0 radical (unpaired) electrons. The molecule has 0 saturated carbocycles. The summed E-state index contributed by atoms with van der Waals surface area (Å²) < 4.78 is 0. The molecule has 1 N–H and O–H groups in total. The van der Waals surface area contributed by atoms with Crippen molar-refractivity contribution in [2.24, 2.45) is 5.92 Å². The van der Waals surface area contributed by atoms with Gasteiger partial charge in [0.1, 0.15) is 0 Å². The highest BCUT2D eigenvalue weighted by molar-refractivity contribution is 4.97. The number of piperidine rings is 1. The molecule has 1 rings (SSSR count). The van der Waals surface area contributed by atoms with Crippen molar-refractivity contribution in [3.05, 3.63) is 12.2 Å². The van der Waals surface area contributed by atoms with E-state index in [-0.39, 0.29) is 0 Å². The van der Waals surface area contributed by atoms with Gasteiger partial charge in [-0.2, -0.15) is 0 Å². The Labute approximate surface area is 88.4 Å². The fraction of sp³-hybridized carbons (Fsp3) is 0.833. The summed E-state index contributed by atoms with van der Waals surface area (Å²) in [6.45, 7) is 7.76.